The van der Waals surface area contributed by atoms with E-state index in [-0.39, 0.29) is 10.9 Å². The van der Waals surface area contributed by atoms with Gasteiger partial charge in [0.15, 0.2) is 0 Å². The van der Waals surface area contributed by atoms with Gasteiger partial charge in [-0.15, -0.1) is 0 Å². The third kappa shape index (κ3) is 4.54. The van der Waals surface area contributed by atoms with Crippen LogP contribution in [-0.2, 0) is 0 Å². The van der Waals surface area contributed by atoms with Crippen molar-refractivity contribution in [2.24, 2.45) is 0 Å². The van der Waals surface area contributed by atoms with Gasteiger partial charge in [0.05, 0.1) is 23.4 Å². The number of pyridine rings is 1. The van der Waals surface area contributed by atoms with E-state index in [2.05, 4.69) is 15.6 Å². The van der Waals surface area contributed by atoms with Gasteiger partial charge in [-0.1, -0.05) is 17.7 Å². The second-order valence-corrected chi connectivity index (χ2v) is 6.25. The predicted octanol–water partition coefficient (Wildman–Crippen LogP) is 5.19. The number of anilines is 3. The molecule has 0 unspecified atom stereocenters. The molecule has 27 heavy (non-hydrogen) atoms. The van der Waals surface area contributed by atoms with Crippen LogP contribution in [0, 0.1) is 12.7 Å². The molecule has 3 aromatic rings. The Morgan fingerprint density at radius 1 is 1.15 bits per heavy atom. The maximum atomic E-state index is 13.2. The molecule has 5 nitrogen and oxygen atoms in total. The summed E-state index contributed by atoms with van der Waals surface area (Å²) >= 11 is 5.72. The van der Waals surface area contributed by atoms with Gasteiger partial charge < -0.3 is 15.4 Å². The molecule has 0 radical (unpaired) electrons. The third-order valence-electron chi connectivity index (χ3n) is 3.82. The van der Waals surface area contributed by atoms with Crippen molar-refractivity contribution in [2.75, 3.05) is 17.7 Å². The average molecular weight is 386 g/mol. The van der Waals surface area contributed by atoms with Crippen LogP contribution >= 0.6 is 11.6 Å². The van der Waals surface area contributed by atoms with Gasteiger partial charge in [0, 0.05) is 11.9 Å². The zero-order chi connectivity index (χ0) is 19.4. The summed E-state index contributed by atoms with van der Waals surface area (Å²) in [5, 5.41) is 5.76. The van der Waals surface area contributed by atoms with Crippen molar-refractivity contribution in [1.82, 2.24) is 4.98 Å². The van der Waals surface area contributed by atoms with E-state index < -0.39 is 5.82 Å². The van der Waals surface area contributed by atoms with E-state index in [1.165, 1.54) is 24.4 Å². The number of halogens is 2. The second-order valence-electron chi connectivity index (χ2n) is 5.84. The van der Waals surface area contributed by atoms with Gasteiger partial charge in [-0.05, 0) is 55.0 Å². The van der Waals surface area contributed by atoms with Crippen LogP contribution in [0.2, 0.25) is 5.02 Å². The molecule has 1 aromatic heterocycles. The van der Waals surface area contributed by atoms with E-state index in [9.17, 15) is 9.18 Å². The molecule has 0 aliphatic heterocycles. The van der Waals surface area contributed by atoms with E-state index in [1.54, 1.807) is 19.2 Å². The SMILES string of the molecule is COc1ccc(C)cc1Nc1ccc(C(=O)Nc2ccc(F)c(Cl)c2)cn1. The number of ether oxygens (including phenoxy) is 1. The fourth-order valence-electron chi connectivity index (χ4n) is 2.44. The summed E-state index contributed by atoms with van der Waals surface area (Å²) in [6.45, 7) is 1.98. The lowest BCUT2D eigenvalue weighted by atomic mass is 10.2. The zero-order valence-electron chi connectivity index (χ0n) is 14.7. The lowest BCUT2D eigenvalue weighted by Crippen LogP contribution is -2.12. The topological polar surface area (TPSA) is 63.2 Å². The van der Waals surface area contributed by atoms with Crippen LogP contribution in [0.4, 0.5) is 21.6 Å². The molecule has 0 aliphatic carbocycles. The summed E-state index contributed by atoms with van der Waals surface area (Å²) in [7, 11) is 1.60. The van der Waals surface area contributed by atoms with Crippen LogP contribution in [0.15, 0.2) is 54.7 Å². The Labute approximate surface area is 161 Å². The quantitative estimate of drug-likeness (QED) is 0.634. The lowest BCUT2D eigenvalue weighted by molar-refractivity contribution is 0.102. The van der Waals surface area contributed by atoms with Crippen molar-refractivity contribution < 1.29 is 13.9 Å². The first kappa shape index (κ1) is 18.7. The molecule has 0 saturated heterocycles. The smallest absolute Gasteiger partial charge is 0.257 e. The number of nitrogens with one attached hydrogen (secondary N) is 2. The van der Waals surface area contributed by atoms with Gasteiger partial charge >= 0.3 is 0 Å². The highest BCUT2D eigenvalue weighted by molar-refractivity contribution is 6.31. The molecule has 7 heteroatoms. The van der Waals surface area contributed by atoms with Gasteiger partial charge in [-0.25, -0.2) is 9.37 Å². The molecule has 2 aromatic carbocycles. The van der Waals surface area contributed by atoms with E-state index in [1.807, 2.05) is 25.1 Å². The van der Waals surface area contributed by atoms with Gasteiger partial charge in [0.1, 0.15) is 17.4 Å². The Morgan fingerprint density at radius 3 is 2.63 bits per heavy atom. The normalized spacial score (nSPS) is 10.4. The Bertz CT molecular complexity index is 977. The van der Waals surface area contributed by atoms with Crippen molar-refractivity contribution in [2.45, 2.75) is 6.92 Å². The standard InChI is InChI=1S/C20H17ClFN3O2/c1-12-3-7-18(27-2)17(9-12)25-19-8-4-13(11-23-19)20(26)24-14-5-6-16(22)15(21)10-14/h3-11H,1-2H3,(H,23,25)(H,24,26). The summed E-state index contributed by atoms with van der Waals surface area (Å²) < 4.78 is 18.5. The monoisotopic (exact) mass is 385 g/mol. The predicted molar refractivity (Wildman–Crippen MR) is 105 cm³/mol. The molecular formula is C20H17ClFN3O2. The summed E-state index contributed by atoms with van der Waals surface area (Å²) in [6, 6.07) is 13.1. The average Bonchev–Trinajstić information content (AvgIpc) is 2.65. The molecule has 0 atom stereocenters. The minimum atomic E-state index is -0.543. The van der Waals surface area contributed by atoms with Crippen molar-refractivity contribution in [1.29, 1.82) is 0 Å². The molecule has 0 aliphatic rings. The van der Waals surface area contributed by atoms with E-state index in [0.717, 1.165) is 11.3 Å². The number of benzene rings is 2. The zero-order valence-corrected chi connectivity index (χ0v) is 15.5. The fourth-order valence-corrected chi connectivity index (χ4v) is 2.62. The van der Waals surface area contributed by atoms with Crippen molar-refractivity contribution in [3.8, 4) is 5.75 Å². The molecule has 1 amide bonds. The van der Waals surface area contributed by atoms with Crippen LogP contribution < -0.4 is 15.4 Å². The Kier molecular flexibility index (Phi) is 5.57. The number of amides is 1. The summed E-state index contributed by atoms with van der Waals surface area (Å²) in [5.74, 6) is 0.348. The number of aryl methyl sites for hydroxylation is 1. The van der Waals surface area contributed by atoms with E-state index in [4.69, 9.17) is 16.3 Å². The largest absolute Gasteiger partial charge is 0.495 e. The molecule has 2 N–H and O–H groups in total. The molecule has 0 fully saturated rings. The number of rotatable bonds is 5. The molecule has 0 bridgehead atoms. The highest BCUT2D eigenvalue weighted by Gasteiger charge is 2.10. The highest BCUT2D eigenvalue weighted by Crippen LogP contribution is 2.28. The van der Waals surface area contributed by atoms with Crippen LogP contribution in [0.1, 0.15) is 15.9 Å². The number of hydrogen-bond donors (Lipinski definition) is 2. The molecule has 1 heterocycles. The van der Waals surface area contributed by atoms with Gasteiger partial charge in [-0.2, -0.15) is 0 Å². The Balaban J connectivity index is 1.72. The number of aromatic nitrogens is 1. The molecular weight excluding hydrogens is 369 g/mol. The van der Waals surface area contributed by atoms with Crippen LogP contribution in [-0.4, -0.2) is 18.0 Å². The second kappa shape index (κ2) is 8.05. The number of methoxy groups -OCH3 is 1. The first-order valence-corrected chi connectivity index (χ1v) is 8.48. The minimum absolute atomic E-state index is 0.0578. The van der Waals surface area contributed by atoms with Crippen LogP contribution in [0.3, 0.4) is 0 Å². The summed E-state index contributed by atoms with van der Waals surface area (Å²) in [6.07, 6.45) is 1.45. The first-order chi connectivity index (χ1) is 13.0. The fraction of sp³-hybridized carbons (Fsp3) is 0.100. The molecule has 138 valence electrons. The maximum absolute atomic E-state index is 13.2. The van der Waals surface area contributed by atoms with Crippen molar-refractivity contribution >= 4 is 34.7 Å². The van der Waals surface area contributed by atoms with Gasteiger partial charge in [0.25, 0.3) is 5.91 Å². The Hall–Kier alpha value is -3.12. The first-order valence-electron chi connectivity index (χ1n) is 8.10. The van der Waals surface area contributed by atoms with Crippen LogP contribution in [0.25, 0.3) is 0 Å². The number of hydrogen-bond acceptors (Lipinski definition) is 4. The minimum Gasteiger partial charge on any atom is -0.495 e. The number of nitrogens with zero attached hydrogens (tertiary/aromatic N) is 1. The van der Waals surface area contributed by atoms with Crippen LogP contribution in [0.5, 0.6) is 5.75 Å². The third-order valence-corrected chi connectivity index (χ3v) is 4.11. The number of carbonyl (C=O) groups excluding carboxylic acids is 1. The van der Waals surface area contributed by atoms with Crippen molar-refractivity contribution in [3.63, 3.8) is 0 Å². The van der Waals surface area contributed by atoms with Crippen molar-refractivity contribution in [3.05, 3.63) is 76.7 Å². The van der Waals surface area contributed by atoms with E-state index >= 15 is 0 Å². The summed E-state index contributed by atoms with van der Waals surface area (Å²) in [4.78, 5) is 16.6. The molecule has 0 spiro atoms. The Morgan fingerprint density at radius 2 is 1.96 bits per heavy atom. The van der Waals surface area contributed by atoms with E-state index in [0.29, 0.717) is 22.8 Å². The summed E-state index contributed by atoms with van der Waals surface area (Å²) in [5.41, 5.74) is 2.62. The molecule has 0 saturated carbocycles. The van der Waals surface area contributed by atoms with Gasteiger partial charge in [-0.3, -0.25) is 4.79 Å². The number of carbonyl (C=O) groups is 1. The van der Waals surface area contributed by atoms with Gasteiger partial charge in [0.2, 0.25) is 0 Å². The lowest BCUT2D eigenvalue weighted by Gasteiger charge is -2.12. The molecule has 3 rings (SSSR count). The highest BCUT2D eigenvalue weighted by atomic mass is 35.5. The maximum Gasteiger partial charge on any atom is 0.257 e.